The number of hydrogen-bond acceptors (Lipinski definition) is 6. The molecule has 1 aromatic heterocycles. The van der Waals surface area contributed by atoms with E-state index in [9.17, 15) is 8.42 Å². The van der Waals surface area contributed by atoms with E-state index in [1.807, 2.05) is 60.7 Å². The lowest BCUT2D eigenvalue weighted by Crippen LogP contribution is -2.39. The third kappa shape index (κ3) is 5.13. The number of ether oxygens (including phenoxy) is 1. The summed E-state index contributed by atoms with van der Waals surface area (Å²) < 4.78 is 38.7. The summed E-state index contributed by atoms with van der Waals surface area (Å²) in [6, 6.07) is 18.6. The second-order valence-electron chi connectivity index (χ2n) is 7.39. The molecule has 4 rings (SSSR count). The van der Waals surface area contributed by atoms with Gasteiger partial charge in [0.25, 0.3) is 5.89 Å². The number of rotatable bonds is 8. The molecule has 0 amide bonds. The van der Waals surface area contributed by atoms with Gasteiger partial charge in [0.05, 0.1) is 18.4 Å². The van der Waals surface area contributed by atoms with Crippen LogP contribution in [0.1, 0.15) is 48.1 Å². The average molecular weight is 428 g/mol. The van der Waals surface area contributed by atoms with Crippen LogP contribution in [-0.4, -0.2) is 29.4 Å². The molecule has 2 heterocycles. The van der Waals surface area contributed by atoms with E-state index >= 15 is 0 Å². The summed E-state index contributed by atoms with van der Waals surface area (Å²) in [6.07, 6.45) is 2.43. The van der Waals surface area contributed by atoms with Crippen LogP contribution in [-0.2, 0) is 33.7 Å². The van der Waals surface area contributed by atoms with Gasteiger partial charge in [-0.05, 0) is 24.0 Å². The van der Waals surface area contributed by atoms with Crippen LogP contribution in [0.15, 0.2) is 65.2 Å². The molecule has 0 radical (unpaired) electrons. The Labute approximate surface area is 176 Å². The Morgan fingerprint density at radius 1 is 0.967 bits per heavy atom. The molecule has 8 heteroatoms. The highest BCUT2D eigenvalue weighted by molar-refractivity contribution is 7.88. The van der Waals surface area contributed by atoms with Gasteiger partial charge in [-0.1, -0.05) is 72.2 Å². The van der Waals surface area contributed by atoms with Gasteiger partial charge in [-0.25, -0.2) is 8.42 Å². The number of benzene rings is 2. The third-order valence-corrected chi connectivity index (χ3v) is 6.97. The van der Waals surface area contributed by atoms with Crippen LogP contribution in [0.3, 0.4) is 0 Å². The number of aromatic nitrogens is 2. The van der Waals surface area contributed by atoms with Crippen LogP contribution in [0.5, 0.6) is 0 Å². The maximum absolute atomic E-state index is 13.1. The first kappa shape index (κ1) is 20.7. The summed E-state index contributed by atoms with van der Waals surface area (Å²) in [5.74, 6) is 0.728. The van der Waals surface area contributed by atoms with E-state index in [0.717, 1.165) is 24.0 Å². The molecule has 158 valence electrons. The van der Waals surface area contributed by atoms with Crippen molar-refractivity contribution in [1.82, 2.24) is 14.4 Å². The van der Waals surface area contributed by atoms with Crippen molar-refractivity contribution in [2.24, 2.45) is 0 Å². The highest BCUT2D eigenvalue weighted by Gasteiger charge is 2.36. The Bertz CT molecular complexity index is 1040. The van der Waals surface area contributed by atoms with Crippen LogP contribution in [0.2, 0.25) is 0 Å². The van der Waals surface area contributed by atoms with Crippen LogP contribution in [0.4, 0.5) is 0 Å². The molecule has 1 aliphatic heterocycles. The molecular weight excluding hydrogens is 402 g/mol. The van der Waals surface area contributed by atoms with Gasteiger partial charge in [0.2, 0.25) is 10.0 Å². The Kier molecular flexibility index (Phi) is 6.56. The van der Waals surface area contributed by atoms with Crippen LogP contribution in [0.25, 0.3) is 0 Å². The van der Waals surface area contributed by atoms with Crippen molar-refractivity contribution in [2.45, 2.75) is 44.3 Å². The molecule has 1 unspecified atom stereocenters. The Hall–Kier alpha value is -2.55. The van der Waals surface area contributed by atoms with Crippen LogP contribution < -0.4 is 0 Å². The van der Waals surface area contributed by atoms with Crippen molar-refractivity contribution < 1.29 is 17.7 Å². The fourth-order valence-corrected chi connectivity index (χ4v) is 5.43. The van der Waals surface area contributed by atoms with Crippen molar-refractivity contribution in [2.75, 3.05) is 6.54 Å². The molecule has 0 saturated carbocycles. The first-order chi connectivity index (χ1) is 14.6. The summed E-state index contributed by atoms with van der Waals surface area (Å²) in [5, 5.41) is 4.06. The number of sulfonamides is 1. The van der Waals surface area contributed by atoms with Crippen LogP contribution >= 0.6 is 0 Å². The normalized spacial score (nSPS) is 17.8. The molecule has 1 saturated heterocycles. The monoisotopic (exact) mass is 427 g/mol. The maximum Gasteiger partial charge on any atom is 0.252 e. The smallest absolute Gasteiger partial charge is 0.252 e. The molecule has 1 fully saturated rings. The van der Waals surface area contributed by atoms with E-state index in [0.29, 0.717) is 31.3 Å². The lowest BCUT2D eigenvalue weighted by molar-refractivity contribution is 0.0850. The lowest BCUT2D eigenvalue weighted by atomic mass is 10.0. The standard InChI is InChI=1S/C22H25N3O4S/c26-30(27,17-19-11-5-2-6-12-19)25-14-8-7-13-20(25)22-23-21(29-24-22)16-28-15-18-9-3-1-4-10-18/h1-6,9-12,20H,7-8,13-17H2. The highest BCUT2D eigenvalue weighted by atomic mass is 32.2. The molecule has 30 heavy (non-hydrogen) atoms. The number of nitrogens with zero attached hydrogens (tertiary/aromatic N) is 3. The molecule has 3 aromatic rings. The SMILES string of the molecule is O=S(=O)(Cc1ccccc1)N1CCCCC1c1noc(COCc2ccccc2)n1. The second kappa shape index (κ2) is 9.51. The Balaban J connectivity index is 1.42. The summed E-state index contributed by atoms with van der Waals surface area (Å²) in [7, 11) is -3.50. The van der Waals surface area contributed by atoms with Gasteiger partial charge in [0.15, 0.2) is 5.82 Å². The molecule has 0 N–H and O–H groups in total. The van der Waals surface area contributed by atoms with Gasteiger partial charge >= 0.3 is 0 Å². The predicted molar refractivity (Wildman–Crippen MR) is 112 cm³/mol. The lowest BCUT2D eigenvalue weighted by Gasteiger charge is -2.32. The minimum absolute atomic E-state index is 0.0325. The van der Waals surface area contributed by atoms with Crippen LogP contribution in [0, 0.1) is 0 Å². The van der Waals surface area contributed by atoms with Gasteiger partial charge in [-0.3, -0.25) is 0 Å². The molecule has 7 nitrogen and oxygen atoms in total. The first-order valence-electron chi connectivity index (χ1n) is 10.1. The minimum atomic E-state index is -3.50. The fraction of sp³-hybridized carbons (Fsp3) is 0.364. The topological polar surface area (TPSA) is 85.5 Å². The van der Waals surface area contributed by atoms with E-state index in [1.54, 1.807) is 0 Å². The van der Waals surface area contributed by atoms with Crippen molar-refractivity contribution in [3.8, 4) is 0 Å². The zero-order chi connectivity index (χ0) is 20.8. The van der Waals surface area contributed by atoms with Gasteiger partial charge < -0.3 is 9.26 Å². The molecule has 0 bridgehead atoms. The number of hydrogen-bond donors (Lipinski definition) is 0. The second-order valence-corrected chi connectivity index (χ2v) is 9.31. The quantitative estimate of drug-likeness (QED) is 0.543. The van der Waals surface area contributed by atoms with Gasteiger partial charge in [0, 0.05) is 6.54 Å². The average Bonchev–Trinajstić information content (AvgIpc) is 3.24. The predicted octanol–water partition coefficient (Wildman–Crippen LogP) is 3.84. The molecule has 0 aliphatic carbocycles. The Morgan fingerprint density at radius 2 is 1.67 bits per heavy atom. The highest BCUT2D eigenvalue weighted by Crippen LogP contribution is 2.32. The van der Waals surface area contributed by atoms with Gasteiger partial charge in [-0.2, -0.15) is 9.29 Å². The zero-order valence-electron chi connectivity index (χ0n) is 16.7. The molecule has 1 aliphatic rings. The molecular formula is C22H25N3O4S. The zero-order valence-corrected chi connectivity index (χ0v) is 17.5. The van der Waals surface area contributed by atoms with E-state index in [4.69, 9.17) is 9.26 Å². The van der Waals surface area contributed by atoms with E-state index in [1.165, 1.54) is 4.31 Å². The maximum atomic E-state index is 13.1. The van der Waals surface area contributed by atoms with E-state index < -0.39 is 16.1 Å². The van der Waals surface area contributed by atoms with Crippen molar-refractivity contribution in [1.29, 1.82) is 0 Å². The Morgan fingerprint density at radius 3 is 2.40 bits per heavy atom. The third-order valence-electron chi connectivity index (χ3n) is 5.12. The van der Waals surface area contributed by atoms with E-state index in [-0.39, 0.29) is 12.4 Å². The van der Waals surface area contributed by atoms with Crippen molar-refractivity contribution in [3.63, 3.8) is 0 Å². The first-order valence-corrected chi connectivity index (χ1v) is 11.7. The fourth-order valence-electron chi connectivity index (χ4n) is 3.66. The summed E-state index contributed by atoms with van der Waals surface area (Å²) >= 11 is 0. The van der Waals surface area contributed by atoms with Gasteiger partial charge in [-0.15, -0.1) is 0 Å². The van der Waals surface area contributed by atoms with E-state index in [2.05, 4.69) is 10.1 Å². The molecule has 2 aromatic carbocycles. The summed E-state index contributed by atoms with van der Waals surface area (Å²) in [6.45, 7) is 1.10. The summed E-state index contributed by atoms with van der Waals surface area (Å²) in [5.41, 5.74) is 1.83. The molecule has 1 atom stereocenters. The summed E-state index contributed by atoms with van der Waals surface area (Å²) in [4.78, 5) is 4.43. The minimum Gasteiger partial charge on any atom is -0.367 e. The van der Waals surface area contributed by atoms with Crippen molar-refractivity contribution >= 4 is 10.0 Å². The number of piperidine rings is 1. The largest absolute Gasteiger partial charge is 0.367 e. The van der Waals surface area contributed by atoms with Gasteiger partial charge in [0.1, 0.15) is 6.61 Å². The van der Waals surface area contributed by atoms with Crippen molar-refractivity contribution in [3.05, 3.63) is 83.5 Å². The molecule has 0 spiro atoms.